The summed E-state index contributed by atoms with van der Waals surface area (Å²) in [6.45, 7) is 0. The van der Waals surface area contributed by atoms with Crippen LogP contribution in [0.3, 0.4) is 0 Å². The summed E-state index contributed by atoms with van der Waals surface area (Å²) in [4.78, 5) is 26.0. The van der Waals surface area contributed by atoms with Crippen LogP contribution in [-0.4, -0.2) is 31.1 Å². The largest absolute Gasteiger partial charge is 0.309 e. The van der Waals surface area contributed by atoms with Crippen molar-refractivity contribution in [2.75, 3.05) is 5.32 Å². The number of rotatable bonds is 4. The first-order valence-electron chi connectivity index (χ1n) is 10.4. The molecule has 2 aromatic heterocycles. The predicted molar refractivity (Wildman–Crippen MR) is 110 cm³/mol. The number of aromatic nitrogens is 5. The van der Waals surface area contributed by atoms with Crippen molar-refractivity contribution in [1.82, 2.24) is 25.1 Å². The van der Waals surface area contributed by atoms with E-state index in [1.165, 1.54) is 38.4 Å². The zero-order valence-electron chi connectivity index (χ0n) is 16.3. The van der Waals surface area contributed by atoms with Gasteiger partial charge in [-0.05, 0) is 12.3 Å². The first-order chi connectivity index (χ1) is 14.3. The minimum absolute atomic E-state index is 0.00368. The van der Waals surface area contributed by atoms with Crippen LogP contribution in [0.5, 0.6) is 0 Å². The predicted octanol–water partition coefficient (Wildman–Crippen LogP) is 4.01. The van der Waals surface area contributed by atoms with Crippen molar-refractivity contribution in [2.24, 2.45) is 11.8 Å². The fourth-order valence-corrected chi connectivity index (χ4v) is 4.52. The van der Waals surface area contributed by atoms with Crippen LogP contribution in [0, 0.1) is 11.8 Å². The molecular formula is C22H24N6O. The Kier molecular flexibility index (Phi) is 4.79. The van der Waals surface area contributed by atoms with Gasteiger partial charge in [0.2, 0.25) is 5.91 Å². The van der Waals surface area contributed by atoms with Crippen LogP contribution >= 0.6 is 0 Å². The van der Waals surface area contributed by atoms with Crippen molar-refractivity contribution in [1.29, 1.82) is 0 Å². The molecule has 29 heavy (non-hydrogen) atoms. The molecule has 1 aromatic carbocycles. The molecule has 0 unspecified atom stereocenters. The highest BCUT2D eigenvalue weighted by molar-refractivity contribution is 5.94. The van der Waals surface area contributed by atoms with E-state index in [9.17, 15) is 4.79 Å². The van der Waals surface area contributed by atoms with Gasteiger partial charge in [0.1, 0.15) is 6.33 Å². The summed E-state index contributed by atoms with van der Waals surface area (Å²) in [5.41, 5.74) is 3.67. The minimum Gasteiger partial charge on any atom is -0.309 e. The normalized spacial score (nSPS) is 19.6. The number of nitrogens with zero attached hydrogens (tertiary/aromatic N) is 4. The summed E-state index contributed by atoms with van der Waals surface area (Å²) in [7, 11) is 0. The maximum atomic E-state index is 12.5. The molecule has 5 rings (SSSR count). The quantitative estimate of drug-likeness (QED) is 0.704. The number of anilines is 1. The van der Waals surface area contributed by atoms with E-state index >= 15 is 0 Å². The molecule has 7 nitrogen and oxygen atoms in total. The SMILES string of the molecule is O=C1Nc2ncc(-c3ccc(-c4ncn[nH]4)cc3)nc2C[C@H]1CC1CCCCC1. The second-order valence-electron chi connectivity index (χ2n) is 8.09. The summed E-state index contributed by atoms with van der Waals surface area (Å²) >= 11 is 0. The smallest absolute Gasteiger partial charge is 0.229 e. The Labute approximate surface area is 169 Å². The monoisotopic (exact) mass is 388 g/mol. The van der Waals surface area contributed by atoms with Crippen molar-refractivity contribution in [3.05, 3.63) is 42.5 Å². The molecule has 1 aliphatic carbocycles. The first-order valence-corrected chi connectivity index (χ1v) is 10.4. The van der Waals surface area contributed by atoms with E-state index in [0.717, 1.165) is 34.8 Å². The Morgan fingerprint density at radius 2 is 1.79 bits per heavy atom. The fourth-order valence-electron chi connectivity index (χ4n) is 4.52. The highest BCUT2D eigenvalue weighted by Gasteiger charge is 2.31. The van der Waals surface area contributed by atoms with E-state index in [1.807, 2.05) is 24.3 Å². The zero-order chi connectivity index (χ0) is 19.6. The lowest BCUT2D eigenvalue weighted by Gasteiger charge is -2.28. The molecule has 2 aliphatic rings. The average Bonchev–Trinajstić information content (AvgIpc) is 3.30. The Morgan fingerprint density at radius 1 is 1.00 bits per heavy atom. The van der Waals surface area contributed by atoms with Crippen LogP contribution in [-0.2, 0) is 11.2 Å². The summed E-state index contributed by atoms with van der Waals surface area (Å²) in [5, 5.41) is 9.73. The highest BCUT2D eigenvalue weighted by atomic mass is 16.2. The fraction of sp³-hybridized carbons (Fsp3) is 0.409. The second-order valence-corrected chi connectivity index (χ2v) is 8.09. The van der Waals surface area contributed by atoms with Gasteiger partial charge in [-0.2, -0.15) is 5.10 Å². The van der Waals surface area contributed by atoms with E-state index in [2.05, 4.69) is 25.5 Å². The van der Waals surface area contributed by atoms with Crippen molar-refractivity contribution >= 4 is 11.7 Å². The molecule has 3 aromatic rings. The third kappa shape index (κ3) is 3.77. The third-order valence-electron chi connectivity index (χ3n) is 6.11. The molecule has 0 saturated heterocycles. The van der Waals surface area contributed by atoms with Crippen LogP contribution in [0.25, 0.3) is 22.6 Å². The van der Waals surface area contributed by atoms with Crippen LogP contribution in [0.15, 0.2) is 36.8 Å². The molecule has 1 saturated carbocycles. The molecule has 1 atom stereocenters. The van der Waals surface area contributed by atoms with Gasteiger partial charge in [-0.15, -0.1) is 0 Å². The van der Waals surface area contributed by atoms with E-state index in [0.29, 0.717) is 18.2 Å². The van der Waals surface area contributed by atoms with Gasteiger partial charge in [-0.3, -0.25) is 9.89 Å². The Morgan fingerprint density at radius 3 is 2.55 bits per heavy atom. The average molecular weight is 388 g/mol. The molecule has 7 heteroatoms. The number of nitrogens with one attached hydrogen (secondary N) is 2. The number of amides is 1. The summed E-state index contributed by atoms with van der Waals surface area (Å²) < 4.78 is 0. The second kappa shape index (κ2) is 7.73. The molecule has 3 heterocycles. The molecular weight excluding hydrogens is 364 g/mol. The van der Waals surface area contributed by atoms with Crippen LogP contribution in [0.4, 0.5) is 5.82 Å². The first kappa shape index (κ1) is 18.0. The van der Waals surface area contributed by atoms with Crippen molar-refractivity contribution < 1.29 is 4.79 Å². The van der Waals surface area contributed by atoms with Gasteiger partial charge in [0.15, 0.2) is 11.6 Å². The van der Waals surface area contributed by atoms with Crippen molar-refractivity contribution in [3.8, 4) is 22.6 Å². The van der Waals surface area contributed by atoms with Crippen LogP contribution in [0.1, 0.15) is 44.2 Å². The number of hydrogen-bond donors (Lipinski definition) is 2. The molecule has 0 radical (unpaired) electrons. The number of carbonyl (C=O) groups excluding carboxylic acids is 1. The lowest BCUT2D eigenvalue weighted by molar-refractivity contribution is -0.120. The van der Waals surface area contributed by atoms with Crippen molar-refractivity contribution in [3.63, 3.8) is 0 Å². The van der Waals surface area contributed by atoms with Gasteiger partial charge in [0, 0.05) is 23.5 Å². The third-order valence-corrected chi connectivity index (χ3v) is 6.11. The van der Waals surface area contributed by atoms with Crippen LogP contribution in [0.2, 0.25) is 0 Å². The maximum Gasteiger partial charge on any atom is 0.229 e. The number of aromatic amines is 1. The Bertz CT molecular complexity index is 993. The van der Waals surface area contributed by atoms with Crippen molar-refractivity contribution in [2.45, 2.75) is 44.9 Å². The van der Waals surface area contributed by atoms with Gasteiger partial charge in [0.25, 0.3) is 0 Å². The van der Waals surface area contributed by atoms with Gasteiger partial charge in [0.05, 0.1) is 17.6 Å². The molecule has 2 N–H and O–H groups in total. The number of fused-ring (bicyclic) bond motifs is 1. The molecule has 0 bridgehead atoms. The summed E-state index contributed by atoms with van der Waals surface area (Å²) in [6.07, 6.45) is 11.3. The standard InChI is InChI=1S/C22H24N6O/c29-22-17(10-14-4-2-1-3-5-14)11-18-21(27-22)23-12-19(26-18)15-6-8-16(9-7-15)20-24-13-25-28-20/h6-9,12-14,17H,1-5,10-11H2,(H,23,27,29)(H,24,25,28)/t17-/m1/s1. The molecule has 148 valence electrons. The minimum atomic E-state index is 0.00368. The molecule has 1 amide bonds. The van der Waals surface area contributed by atoms with E-state index in [1.54, 1.807) is 6.20 Å². The van der Waals surface area contributed by atoms with E-state index in [4.69, 9.17) is 4.98 Å². The van der Waals surface area contributed by atoms with Gasteiger partial charge in [-0.1, -0.05) is 56.4 Å². The zero-order valence-corrected chi connectivity index (χ0v) is 16.3. The molecule has 0 spiro atoms. The number of benzene rings is 1. The highest BCUT2D eigenvalue weighted by Crippen LogP contribution is 2.34. The summed E-state index contributed by atoms with van der Waals surface area (Å²) in [6, 6.07) is 8.00. The molecule has 1 aliphatic heterocycles. The van der Waals surface area contributed by atoms with E-state index in [-0.39, 0.29) is 11.8 Å². The molecule has 1 fully saturated rings. The Balaban J connectivity index is 1.35. The number of H-pyrrole nitrogens is 1. The van der Waals surface area contributed by atoms with Gasteiger partial charge < -0.3 is 5.32 Å². The lowest BCUT2D eigenvalue weighted by atomic mass is 9.80. The lowest BCUT2D eigenvalue weighted by Crippen LogP contribution is -2.33. The topological polar surface area (TPSA) is 96.5 Å². The summed E-state index contributed by atoms with van der Waals surface area (Å²) in [5.74, 6) is 2.12. The Hall–Kier alpha value is -3.09. The number of hydrogen-bond acceptors (Lipinski definition) is 5. The maximum absolute atomic E-state index is 12.5. The van der Waals surface area contributed by atoms with E-state index < -0.39 is 0 Å². The van der Waals surface area contributed by atoms with Gasteiger partial charge in [-0.25, -0.2) is 15.0 Å². The van der Waals surface area contributed by atoms with Crippen LogP contribution < -0.4 is 5.32 Å². The number of carbonyl (C=O) groups is 1. The van der Waals surface area contributed by atoms with Gasteiger partial charge >= 0.3 is 0 Å².